The minimum absolute atomic E-state index is 0.166. The van der Waals surface area contributed by atoms with Gasteiger partial charge in [-0.15, -0.1) is 11.3 Å². The zero-order valence-corrected chi connectivity index (χ0v) is 22.1. The number of carbonyl (C=O) groups excluding carboxylic acids is 2. The number of amides is 2. The minimum atomic E-state index is -0.892. The van der Waals surface area contributed by atoms with Crippen LogP contribution in [0.3, 0.4) is 0 Å². The first-order valence-electron chi connectivity index (χ1n) is 12.7. The van der Waals surface area contributed by atoms with E-state index in [2.05, 4.69) is 0 Å². The van der Waals surface area contributed by atoms with Crippen LogP contribution in [0.25, 0.3) is 6.08 Å². The molecule has 1 fully saturated rings. The van der Waals surface area contributed by atoms with E-state index in [0.29, 0.717) is 36.4 Å². The lowest BCUT2D eigenvalue weighted by Crippen LogP contribution is -2.39. The van der Waals surface area contributed by atoms with E-state index in [-0.39, 0.29) is 38.2 Å². The number of allylic oxidation sites excluding steroid dienone is 1. The van der Waals surface area contributed by atoms with Crippen molar-refractivity contribution in [1.29, 1.82) is 0 Å². The lowest BCUT2D eigenvalue weighted by Gasteiger charge is -2.36. The van der Waals surface area contributed by atoms with Gasteiger partial charge in [0.1, 0.15) is 18.1 Å². The van der Waals surface area contributed by atoms with Crippen LogP contribution in [0.5, 0.6) is 0 Å². The number of imide groups is 1. The van der Waals surface area contributed by atoms with E-state index in [1.165, 1.54) is 16.2 Å². The fourth-order valence-electron chi connectivity index (χ4n) is 5.63. The first kappa shape index (κ1) is 27.5. The molecule has 3 N–H and O–H groups in total. The van der Waals surface area contributed by atoms with Crippen LogP contribution in [-0.4, -0.2) is 58.5 Å². The van der Waals surface area contributed by atoms with Gasteiger partial charge in [0, 0.05) is 17.9 Å². The Kier molecular flexibility index (Phi) is 9.15. The lowest BCUT2D eigenvalue weighted by atomic mass is 9.68. The molecule has 4 atom stereocenters. The Morgan fingerprint density at radius 3 is 2.70 bits per heavy atom. The van der Waals surface area contributed by atoms with Gasteiger partial charge in [0.15, 0.2) is 0 Å². The molecule has 0 radical (unpaired) electrons. The number of thiophene rings is 1. The van der Waals surface area contributed by atoms with Crippen molar-refractivity contribution in [2.24, 2.45) is 17.8 Å². The van der Waals surface area contributed by atoms with E-state index in [9.17, 15) is 24.9 Å². The highest BCUT2D eigenvalue weighted by molar-refractivity contribution is 7.09. The van der Waals surface area contributed by atoms with Crippen molar-refractivity contribution in [3.63, 3.8) is 0 Å². The van der Waals surface area contributed by atoms with Crippen LogP contribution in [0.4, 0.5) is 0 Å². The van der Waals surface area contributed by atoms with Gasteiger partial charge in [-0.2, -0.15) is 0 Å². The molecule has 0 unspecified atom stereocenters. The third-order valence-corrected chi connectivity index (χ3v) is 8.28. The number of rotatable bonds is 12. The number of aliphatic hydroxyl groups excluding tert-OH is 3. The number of furan rings is 1. The number of hydrogen-bond donors (Lipinski definition) is 3. The molecule has 1 aliphatic carbocycles. The molecular formula is C28H35NO7S. The Balaban J connectivity index is 1.55. The summed E-state index contributed by atoms with van der Waals surface area (Å²) in [6, 6.07) is 7.30. The Bertz CT molecular complexity index is 1150. The second-order valence-corrected chi connectivity index (χ2v) is 10.7. The highest BCUT2D eigenvalue weighted by Gasteiger charge is 2.54. The van der Waals surface area contributed by atoms with Gasteiger partial charge in [0.2, 0.25) is 11.8 Å². The van der Waals surface area contributed by atoms with Gasteiger partial charge in [-0.3, -0.25) is 14.5 Å². The smallest absolute Gasteiger partial charge is 0.234 e. The Labute approximate surface area is 220 Å². The SMILES string of the molecule is CC/C(=C\c1ccc(CO)o1)CC[C@@H](O)C1=C(COC)C[C@H]2C(=O)N(Cc3cccs3)C(=O)[C@H]2[C@H]1CO. The fraction of sp³-hybridized carbons (Fsp3) is 0.500. The summed E-state index contributed by atoms with van der Waals surface area (Å²) in [5.41, 5.74) is 2.48. The maximum absolute atomic E-state index is 13.4. The first-order chi connectivity index (χ1) is 17.9. The zero-order valence-electron chi connectivity index (χ0n) is 21.3. The summed E-state index contributed by atoms with van der Waals surface area (Å²) in [6.07, 6.45) is 3.09. The van der Waals surface area contributed by atoms with Gasteiger partial charge in [-0.05, 0) is 66.5 Å². The maximum Gasteiger partial charge on any atom is 0.234 e. The van der Waals surface area contributed by atoms with Crippen LogP contribution in [0.1, 0.15) is 49.0 Å². The molecule has 2 aliphatic rings. The summed E-state index contributed by atoms with van der Waals surface area (Å²) in [6.45, 7) is 1.98. The molecule has 9 heteroatoms. The van der Waals surface area contributed by atoms with Gasteiger partial charge in [0.05, 0.1) is 37.7 Å². The van der Waals surface area contributed by atoms with Crippen molar-refractivity contribution in [3.8, 4) is 0 Å². The number of fused-ring (bicyclic) bond motifs is 1. The Morgan fingerprint density at radius 2 is 2.08 bits per heavy atom. The average molecular weight is 530 g/mol. The second kappa shape index (κ2) is 12.3. The molecule has 1 saturated heterocycles. The number of hydrogen-bond acceptors (Lipinski definition) is 8. The van der Waals surface area contributed by atoms with E-state index >= 15 is 0 Å². The van der Waals surface area contributed by atoms with Gasteiger partial charge >= 0.3 is 0 Å². The summed E-state index contributed by atoms with van der Waals surface area (Å²) in [5, 5.41) is 32.9. The second-order valence-electron chi connectivity index (χ2n) is 9.63. The maximum atomic E-state index is 13.4. The number of nitrogens with zero attached hydrogens (tertiary/aromatic N) is 1. The van der Waals surface area contributed by atoms with Crippen LogP contribution in [0, 0.1) is 17.8 Å². The van der Waals surface area contributed by atoms with Crippen LogP contribution in [0.2, 0.25) is 0 Å². The third kappa shape index (κ3) is 5.81. The largest absolute Gasteiger partial charge is 0.459 e. The van der Waals surface area contributed by atoms with Gasteiger partial charge < -0.3 is 24.5 Å². The van der Waals surface area contributed by atoms with Gasteiger partial charge in [-0.25, -0.2) is 0 Å². The van der Waals surface area contributed by atoms with Crippen molar-refractivity contribution >= 4 is 29.2 Å². The zero-order chi connectivity index (χ0) is 26.5. The fourth-order valence-corrected chi connectivity index (χ4v) is 6.33. The highest BCUT2D eigenvalue weighted by atomic mass is 32.1. The van der Waals surface area contributed by atoms with Gasteiger partial charge in [0.25, 0.3) is 0 Å². The molecular weight excluding hydrogens is 494 g/mol. The van der Waals surface area contributed by atoms with Crippen LogP contribution >= 0.6 is 11.3 Å². The van der Waals surface area contributed by atoms with Crippen LogP contribution in [0.15, 0.2) is 50.8 Å². The molecule has 0 saturated carbocycles. The predicted octanol–water partition coefficient (Wildman–Crippen LogP) is 3.52. The lowest BCUT2D eigenvalue weighted by molar-refractivity contribution is -0.140. The number of methoxy groups -OCH3 is 1. The molecule has 2 aromatic rings. The Hall–Kier alpha value is -2.56. The quantitative estimate of drug-likeness (QED) is 0.284. The van der Waals surface area contributed by atoms with Gasteiger partial charge in [-0.1, -0.05) is 18.6 Å². The molecule has 2 amide bonds. The topological polar surface area (TPSA) is 120 Å². The predicted molar refractivity (Wildman–Crippen MR) is 139 cm³/mol. The van der Waals surface area contributed by atoms with Crippen LogP contribution < -0.4 is 0 Å². The summed E-state index contributed by atoms with van der Waals surface area (Å²) < 4.78 is 11.0. The third-order valence-electron chi connectivity index (χ3n) is 7.42. The monoisotopic (exact) mass is 529 g/mol. The molecule has 2 aromatic heterocycles. The normalized spacial score (nSPS) is 23.2. The van der Waals surface area contributed by atoms with E-state index in [4.69, 9.17) is 9.15 Å². The molecule has 37 heavy (non-hydrogen) atoms. The summed E-state index contributed by atoms with van der Waals surface area (Å²) in [4.78, 5) is 29.0. The van der Waals surface area contributed by atoms with E-state index < -0.39 is 23.9 Å². The average Bonchev–Trinajstić information content (AvgIpc) is 3.64. The number of carbonyl (C=O) groups is 2. The van der Waals surface area contributed by atoms with Crippen molar-refractivity contribution in [2.75, 3.05) is 20.3 Å². The summed E-state index contributed by atoms with van der Waals surface area (Å²) in [7, 11) is 1.56. The Morgan fingerprint density at radius 1 is 1.27 bits per heavy atom. The molecule has 0 spiro atoms. The molecule has 3 heterocycles. The van der Waals surface area contributed by atoms with Crippen LogP contribution in [-0.2, 0) is 27.5 Å². The summed E-state index contributed by atoms with van der Waals surface area (Å²) >= 11 is 1.49. The highest BCUT2D eigenvalue weighted by Crippen LogP contribution is 2.46. The minimum Gasteiger partial charge on any atom is -0.459 e. The molecule has 8 nitrogen and oxygen atoms in total. The first-order valence-corrected chi connectivity index (χ1v) is 13.6. The number of aliphatic hydroxyl groups is 3. The standard InChI is InChI=1S/C28H35NO7S/c1-3-17(11-19-7-8-20(14-30)36-19)6-9-24(32)25-18(16-35-2)12-22-26(23(25)15-31)28(34)29(27(22)33)13-21-5-4-10-37-21/h4-5,7-8,10-11,22-24,26,30-32H,3,6,9,12-16H2,1-2H3/b17-11+/t22-,23+,24-,26-/m1/s1. The summed E-state index contributed by atoms with van der Waals surface area (Å²) in [5.74, 6) is -1.27. The van der Waals surface area contributed by atoms with Crippen molar-refractivity contribution in [2.45, 2.75) is 51.9 Å². The van der Waals surface area contributed by atoms with E-state index in [1.54, 1.807) is 19.2 Å². The number of ether oxygens (including phenoxy) is 1. The van der Waals surface area contributed by atoms with Crippen molar-refractivity contribution < 1.29 is 34.1 Å². The molecule has 1 aliphatic heterocycles. The molecule has 0 aromatic carbocycles. The molecule has 4 rings (SSSR count). The van der Waals surface area contributed by atoms with E-state index in [0.717, 1.165) is 22.4 Å². The molecule has 200 valence electrons. The van der Waals surface area contributed by atoms with E-state index in [1.807, 2.05) is 30.5 Å². The number of likely N-dealkylation sites (tertiary alicyclic amines) is 1. The van der Waals surface area contributed by atoms with Crippen molar-refractivity contribution in [1.82, 2.24) is 4.90 Å². The molecule has 0 bridgehead atoms. The van der Waals surface area contributed by atoms with Crippen molar-refractivity contribution in [3.05, 3.63) is 62.8 Å².